The van der Waals surface area contributed by atoms with Crippen molar-refractivity contribution >= 4 is 17.2 Å². The van der Waals surface area contributed by atoms with Gasteiger partial charge in [0.2, 0.25) is 5.69 Å². The number of hydrogen-bond donors (Lipinski definition) is 1. The third kappa shape index (κ3) is 4.36. The van der Waals surface area contributed by atoms with Gasteiger partial charge in [-0.25, -0.2) is 14.3 Å². The fourth-order valence-corrected chi connectivity index (χ4v) is 6.23. The van der Waals surface area contributed by atoms with E-state index in [2.05, 4.69) is 49.8 Å². The second-order valence-electron chi connectivity index (χ2n) is 10.7. The lowest BCUT2D eigenvalue weighted by molar-refractivity contribution is 0.0298. The Balaban J connectivity index is 1.63. The number of carbonyl (C=O) groups is 1. The fraction of sp³-hybridized carbons (Fsp3) is 0.536. The maximum atomic E-state index is 13.7. The van der Waals surface area contributed by atoms with Gasteiger partial charge in [-0.05, 0) is 49.9 Å². The van der Waals surface area contributed by atoms with Gasteiger partial charge in [0.1, 0.15) is 11.3 Å². The number of aromatic nitrogens is 3. The standard InChI is InChI=1S/C28H35N5O2/c1-17-6-8-21(9-7-17)26-30-27-23(16-22-19(3)14-18(2)15-20(22)4)24(29-5)25(33(27)31-26)28(34)32-10-12-35-13-11-32/h6-9,18-20,22H,10-16H2,1-4H3,(H,30,31). The summed E-state index contributed by atoms with van der Waals surface area (Å²) >= 11 is 0. The molecule has 7 nitrogen and oxygen atoms in total. The van der Waals surface area contributed by atoms with E-state index in [-0.39, 0.29) is 5.91 Å². The molecule has 1 saturated heterocycles. The summed E-state index contributed by atoms with van der Waals surface area (Å²) in [7, 11) is 0. The number of hydrogen-bond acceptors (Lipinski definition) is 3. The smallest absolute Gasteiger partial charge is 0.261 e. The van der Waals surface area contributed by atoms with Crippen molar-refractivity contribution < 1.29 is 9.53 Å². The van der Waals surface area contributed by atoms with Crippen molar-refractivity contribution in [3.05, 3.63) is 52.5 Å². The number of aromatic amines is 1. The van der Waals surface area contributed by atoms with Crippen LogP contribution < -0.4 is 0 Å². The Kier molecular flexibility index (Phi) is 6.41. The summed E-state index contributed by atoms with van der Waals surface area (Å²) in [6, 6.07) is 8.20. The lowest BCUT2D eigenvalue weighted by Gasteiger charge is -2.38. The van der Waals surface area contributed by atoms with Gasteiger partial charge in [-0.2, -0.15) is 0 Å². The molecule has 5 rings (SSSR count). The van der Waals surface area contributed by atoms with E-state index in [0.717, 1.165) is 23.5 Å². The summed E-state index contributed by atoms with van der Waals surface area (Å²) in [5.41, 5.74) is 4.62. The molecule has 2 aromatic heterocycles. The van der Waals surface area contributed by atoms with Crippen LogP contribution in [-0.4, -0.2) is 51.7 Å². The molecule has 2 fully saturated rings. The number of H-pyrrole nitrogens is 1. The third-order valence-electron chi connectivity index (χ3n) is 8.04. The zero-order chi connectivity index (χ0) is 24.7. The first-order valence-electron chi connectivity index (χ1n) is 12.8. The molecule has 1 N–H and O–H groups in total. The Labute approximate surface area is 207 Å². The number of amides is 1. The maximum absolute atomic E-state index is 13.7. The topological polar surface area (TPSA) is 67.0 Å². The van der Waals surface area contributed by atoms with Gasteiger partial charge in [0, 0.05) is 24.2 Å². The summed E-state index contributed by atoms with van der Waals surface area (Å²) in [6.07, 6.45) is 3.17. The Bertz CT molecular complexity index is 1250. The molecule has 1 aliphatic carbocycles. The number of benzene rings is 1. The molecule has 0 bridgehead atoms. The zero-order valence-corrected chi connectivity index (χ0v) is 21.2. The van der Waals surface area contributed by atoms with Crippen LogP contribution in [-0.2, 0) is 11.2 Å². The molecule has 3 aromatic rings. The van der Waals surface area contributed by atoms with Gasteiger partial charge in [0.25, 0.3) is 5.91 Å². The Hall–Kier alpha value is -3.11. The molecule has 7 heteroatoms. The molecular weight excluding hydrogens is 438 g/mol. The molecule has 35 heavy (non-hydrogen) atoms. The molecule has 1 aromatic carbocycles. The number of nitrogens with zero attached hydrogens (tertiary/aromatic N) is 4. The Morgan fingerprint density at radius 2 is 1.80 bits per heavy atom. The SMILES string of the molecule is [C-]#[N+]c1c(CC2C(C)CC(C)CC2C)c2nc(-c3ccc(C)cc3)[nH]n2c1C(=O)N1CCOCC1. The molecular formula is C28H35N5O2. The average Bonchev–Trinajstić information content (AvgIpc) is 3.39. The number of ether oxygens (including phenoxy) is 1. The number of carbonyl (C=O) groups excluding carboxylic acids is 1. The average molecular weight is 474 g/mol. The quantitative estimate of drug-likeness (QED) is 0.507. The maximum Gasteiger partial charge on any atom is 0.261 e. The monoisotopic (exact) mass is 473 g/mol. The van der Waals surface area contributed by atoms with Crippen molar-refractivity contribution in [1.29, 1.82) is 0 Å². The van der Waals surface area contributed by atoms with E-state index in [1.807, 2.05) is 12.1 Å². The summed E-state index contributed by atoms with van der Waals surface area (Å²) in [5.74, 6) is 2.91. The summed E-state index contributed by atoms with van der Waals surface area (Å²) < 4.78 is 7.23. The number of nitrogens with one attached hydrogen (secondary N) is 1. The van der Waals surface area contributed by atoms with Gasteiger partial charge < -0.3 is 9.64 Å². The van der Waals surface area contributed by atoms with E-state index in [0.29, 0.717) is 66.9 Å². The van der Waals surface area contributed by atoms with Crippen LogP contribution in [0.1, 0.15) is 55.2 Å². The molecule has 2 atom stereocenters. The molecule has 2 unspecified atom stereocenters. The highest BCUT2D eigenvalue weighted by atomic mass is 16.5. The first-order chi connectivity index (χ1) is 16.9. The minimum absolute atomic E-state index is 0.127. The Morgan fingerprint density at radius 1 is 1.14 bits per heavy atom. The molecule has 0 spiro atoms. The van der Waals surface area contributed by atoms with Crippen LogP contribution in [0.25, 0.3) is 21.9 Å². The highest BCUT2D eigenvalue weighted by Gasteiger charge is 2.36. The van der Waals surface area contributed by atoms with E-state index < -0.39 is 0 Å². The van der Waals surface area contributed by atoms with Crippen LogP contribution in [0.15, 0.2) is 24.3 Å². The largest absolute Gasteiger partial charge is 0.378 e. The highest BCUT2D eigenvalue weighted by molar-refractivity contribution is 6.01. The predicted octanol–water partition coefficient (Wildman–Crippen LogP) is 5.52. The normalized spacial score (nSPS) is 25.1. The van der Waals surface area contributed by atoms with Gasteiger partial charge in [0.15, 0.2) is 5.82 Å². The number of rotatable bonds is 4. The van der Waals surface area contributed by atoms with Crippen LogP contribution in [0, 0.1) is 37.2 Å². The molecule has 0 radical (unpaired) electrons. The Morgan fingerprint density at radius 3 is 2.43 bits per heavy atom. The van der Waals surface area contributed by atoms with Crippen LogP contribution in [0.2, 0.25) is 0 Å². The number of aryl methyl sites for hydroxylation is 1. The van der Waals surface area contributed by atoms with Crippen molar-refractivity contribution in [2.75, 3.05) is 26.3 Å². The number of morpholine rings is 1. The minimum atomic E-state index is -0.127. The van der Waals surface area contributed by atoms with Gasteiger partial charge in [-0.1, -0.05) is 50.6 Å². The third-order valence-corrected chi connectivity index (χ3v) is 8.04. The fourth-order valence-electron chi connectivity index (χ4n) is 6.23. The summed E-state index contributed by atoms with van der Waals surface area (Å²) in [6.45, 7) is 19.3. The van der Waals surface area contributed by atoms with Gasteiger partial charge in [-0.15, -0.1) is 0 Å². The van der Waals surface area contributed by atoms with Gasteiger partial charge in [0.05, 0.1) is 19.8 Å². The van der Waals surface area contributed by atoms with E-state index in [1.54, 1.807) is 9.42 Å². The summed E-state index contributed by atoms with van der Waals surface area (Å²) in [5, 5.41) is 3.37. The first kappa shape index (κ1) is 23.6. The van der Waals surface area contributed by atoms with Gasteiger partial charge >= 0.3 is 0 Å². The summed E-state index contributed by atoms with van der Waals surface area (Å²) in [4.78, 5) is 24.4. The molecule has 184 valence electrons. The van der Waals surface area contributed by atoms with Crippen molar-refractivity contribution in [2.24, 2.45) is 23.7 Å². The molecule has 1 amide bonds. The van der Waals surface area contributed by atoms with E-state index in [4.69, 9.17) is 16.3 Å². The van der Waals surface area contributed by atoms with Crippen molar-refractivity contribution in [3.8, 4) is 11.4 Å². The lowest BCUT2D eigenvalue weighted by atomic mass is 9.67. The second-order valence-corrected chi connectivity index (χ2v) is 10.7. The zero-order valence-electron chi connectivity index (χ0n) is 21.2. The minimum Gasteiger partial charge on any atom is -0.378 e. The first-order valence-corrected chi connectivity index (χ1v) is 12.8. The molecule has 2 aliphatic rings. The van der Waals surface area contributed by atoms with E-state index in [1.165, 1.54) is 18.4 Å². The lowest BCUT2D eigenvalue weighted by Crippen LogP contribution is -2.41. The van der Waals surface area contributed by atoms with Crippen LogP contribution in [0.3, 0.4) is 0 Å². The van der Waals surface area contributed by atoms with E-state index in [9.17, 15) is 4.79 Å². The van der Waals surface area contributed by atoms with Crippen LogP contribution >= 0.6 is 0 Å². The van der Waals surface area contributed by atoms with Crippen LogP contribution in [0.4, 0.5) is 5.69 Å². The van der Waals surface area contributed by atoms with Crippen LogP contribution in [0.5, 0.6) is 0 Å². The highest BCUT2D eigenvalue weighted by Crippen LogP contribution is 2.43. The molecule has 3 heterocycles. The van der Waals surface area contributed by atoms with Crippen molar-refractivity contribution in [1.82, 2.24) is 19.5 Å². The predicted molar refractivity (Wildman–Crippen MR) is 137 cm³/mol. The molecule has 1 aliphatic heterocycles. The van der Waals surface area contributed by atoms with Crippen molar-refractivity contribution in [3.63, 3.8) is 0 Å². The number of fused-ring (bicyclic) bond motifs is 1. The van der Waals surface area contributed by atoms with Gasteiger partial charge in [-0.3, -0.25) is 9.89 Å². The second kappa shape index (κ2) is 9.50. The van der Waals surface area contributed by atoms with E-state index >= 15 is 0 Å². The van der Waals surface area contributed by atoms with Crippen molar-refractivity contribution in [2.45, 2.75) is 47.0 Å². The molecule has 1 saturated carbocycles.